The number of aryl methyl sites for hydroxylation is 1. The maximum atomic E-state index is 4.46. The van der Waals surface area contributed by atoms with Crippen molar-refractivity contribution in [3.05, 3.63) is 29.6 Å². The quantitative estimate of drug-likeness (QED) is 0.756. The van der Waals surface area contributed by atoms with Crippen LogP contribution in [0.15, 0.2) is 23.9 Å². The van der Waals surface area contributed by atoms with Gasteiger partial charge in [0.05, 0.1) is 11.7 Å². The second kappa shape index (κ2) is 7.49. The van der Waals surface area contributed by atoms with Crippen molar-refractivity contribution in [1.82, 2.24) is 15.1 Å². The number of allylic oxidation sites excluding steroid dienone is 1. The number of nitrogens with zero attached hydrogens (tertiary/aromatic N) is 2. The molecule has 1 heterocycles. The van der Waals surface area contributed by atoms with Gasteiger partial charge in [-0.15, -0.1) is 0 Å². The van der Waals surface area contributed by atoms with E-state index in [2.05, 4.69) is 41.1 Å². The molecule has 3 nitrogen and oxygen atoms in total. The fraction of sp³-hybridized carbons (Fsp3) is 0.688. The number of rotatable bonds is 7. The van der Waals surface area contributed by atoms with Gasteiger partial charge in [-0.1, -0.05) is 25.5 Å². The average molecular weight is 261 g/mol. The third kappa shape index (κ3) is 3.93. The molecule has 0 bridgehead atoms. The Morgan fingerprint density at radius 1 is 1.37 bits per heavy atom. The van der Waals surface area contributed by atoms with Crippen LogP contribution in [0.1, 0.15) is 64.1 Å². The van der Waals surface area contributed by atoms with Gasteiger partial charge in [0.2, 0.25) is 0 Å². The molecular weight excluding hydrogens is 234 g/mol. The minimum absolute atomic E-state index is 0.420. The molecular formula is C16H27N3. The largest absolute Gasteiger partial charge is 0.309 e. The minimum atomic E-state index is 0.420. The summed E-state index contributed by atoms with van der Waals surface area (Å²) in [6, 6.07) is 2.59. The predicted molar refractivity (Wildman–Crippen MR) is 80.1 cm³/mol. The first-order valence-electron chi connectivity index (χ1n) is 7.78. The summed E-state index contributed by atoms with van der Waals surface area (Å²) < 4.78 is 2.16. The van der Waals surface area contributed by atoms with Crippen LogP contribution in [-0.2, 0) is 6.54 Å². The van der Waals surface area contributed by atoms with Gasteiger partial charge < -0.3 is 5.32 Å². The van der Waals surface area contributed by atoms with Crippen molar-refractivity contribution in [3.63, 3.8) is 0 Å². The molecule has 1 unspecified atom stereocenters. The fourth-order valence-electron chi connectivity index (χ4n) is 2.92. The summed E-state index contributed by atoms with van der Waals surface area (Å²) >= 11 is 0. The standard InChI is InChI=1S/C16H27N3/c1-3-12-19-16(10-11-18-19)15(17-4-2)13-14-8-6-5-7-9-14/h8,10-11,15,17H,3-7,9,12-13H2,1-2H3. The smallest absolute Gasteiger partial charge is 0.0556 e. The molecule has 3 heteroatoms. The molecule has 1 aromatic heterocycles. The van der Waals surface area contributed by atoms with Gasteiger partial charge in [-0.3, -0.25) is 4.68 Å². The van der Waals surface area contributed by atoms with Gasteiger partial charge in [-0.25, -0.2) is 0 Å². The van der Waals surface area contributed by atoms with Crippen molar-refractivity contribution in [2.45, 2.75) is 65.0 Å². The van der Waals surface area contributed by atoms with Crippen molar-refractivity contribution in [2.75, 3.05) is 6.54 Å². The van der Waals surface area contributed by atoms with Gasteiger partial charge in [0.1, 0.15) is 0 Å². The van der Waals surface area contributed by atoms with Crippen molar-refractivity contribution in [3.8, 4) is 0 Å². The lowest BCUT2D eigenvalue weighted by Crippen LogP contribution is -2.24. The third-order valence-corrected chi connectivity index (χ3v) is 3.84. The molecule has 0 radical (unpaired) electrons. The highest BCUT2D eigenvalue weighted by atomic mass is 15.3. The number of aromatic nitrogens is 2. The van der Waals surface area contributed by atoms with Gasteiger partial charge in [0, 0.05) is 12.7 Å². The lowest BCUT2D eigenvalue weighted by molar-refractivity contribution is 0.468. The minimum Gasteiger partial charge on any atom is -0.309 e. The summed E-state index contributed by atoms with van der Waals surface area (Å²) in [5, 5.41) is 8.09. The van der Waals surface area contributed by atoms with E-state index in [0.717, 1.165) is 25.9 Å². The van der Waals surface area contributed by atoms with Crippen LogP contribution in [0.5, 0.6) is 0 Å². The van der Waals surface area contributed by atoms with Crippen LogP contribution >= 0.6 is 0 Å². The summed E-state index contributed by atoms with van der Waals surface area (Å²) in [7, 11) is 0. The van der Waals surface area contributed by atoms with Gasteiger partial charge >= 0.3 is 0 Å². The Hall–Kier alpha value is -1.09. The zero-order chi connectivity index (χ0) is 13.5. The molecule has 1 aliphatic carbocycles. The Kier molecular flexibility index (Phi) is 5.64. The predicted octanol–water partition coefficient (Wildman–Crippen LogP) is 3.83. The lowest BCUT2D eigenvalue weighted by atomic mass is 9.93. The average Bonchev–Trinajstić information content (AvgIpc) is 2.88. The highest BCUT2D eigenvalue weighted by Gasteiger charge is 2.17. The zero-order valence-electron chi connectivity index (χ0n) is 12.4. The Bertz CT molecular complexity index is 406. The van der Waals surface area contributed by atoms with Crippen molar-refractivity contribution in [1.29, 1.82) is 0 Å². The van der Waals surface area contributed by atoms with Crippen LogP contribution in [0.25, 0.3) is 0 Å². The molecule has 106 valence electrons. The first kappa shape index (κ1) is 14.3. The molecule has 1 N–H and O–H groups in total. The van der Waals surface area contributed by atoms with E-state index in [9.17, 15) is 0 Å². The number of hydrogen-bond donors (Lipinski definition) is 1. The van der Waals surface area contributed by atoms with E-state index in [1.165, 1.54) is 31.4 Å². The Labute approximate surface area is 117 Å². The van der Waals surface area contributed by atoms with Gasteiger partial charge in [0.25, 0.3) is 0 Å². The van der Waals surface area contributed by atoms with E-state index in [1.54, 1.807) is 5.57 Å². The first-order valence-corrected chi connectivity index (χ1v) is 7.78. The summed E-state index contributed by atoms with van der Waals surface area (Å²) in [6.45, 7) is 6.42. The molecule has 19 heavy (non-hydrogen) atoms. The van der Waals surface area contributed by atoms with E-state index < -0.39 is 0 Å². The molecule has 0 spiro atoms. The van der Waals surface area contributed by atoms with E-state index in [0.29, 0.717) is 6.04 Å². The summed E-state index contributed by atoms with van der Waals surface area (Å²) in [5.74, 6) is 0. The van der Waals surface area contributed by atoms with Gasteiger partial charge in [-0.2, -0.15) is 5.10 Å². The van der Waals surface area contributed by atoms with Crippen LogP contribution in [0.3, 0.4) is 0 Å². The molecule has 1 aliphatic rings. The first-order chi connectivity index (χ1) is 9.35. The topological polar surface area (TPSA) is 29.9 Å². The van der Waals surface area contributed by atoms with E-state index >= 15 is 0 Å². The lowest BCUT2D eigenvalue weighted by Gasteiger charge is -2.22. The second-order valence-corrected chi connectivity index (χ2v) is 5.40. The van der Waals surface area contributed by atoms with Crippen LogP contribution < -0.4 is 5.32 Å². The third-order valence-electron chi connectivity index (χ3n) is 3.84. The van der Waals surface area contributed by atoms with Crippen molar-refractivity contribution >= 4 is 0 Å². The highest BCUT2D eigenvalue weighted by Crippen LogP contribution is 2.27. The Morgan fingerprint density at radius 2 is 2.26 bits per heavy atom. The molecule has 0 aromatic carbocycles. The summed E-state index contributed by atoms with van der Waals surface area (Å²) in [6.07, 6.45) is 11.9. The van der Waals surface area contributed by atoms with Gasteiger partial charge in [0.15, 0.2) is 0 Å². The number of nitrogens with one attached hydrogen (secondary N) is 1. The SMILES string of the molecule is CCCn1nccc1C(CC1=CCCCC1)NCC. The Balaban J connectivity index is 2.09. The monoisotopic (exact) mass is 261 g/mol. The van der Waals surface area contributed by atoms with E-state index in [1.807, 2.05) is 6.20 Å². The fourth-order valence-corrected chi connectivity index (χ4v) is 2.92. The van der Waals surface area contributed by atoms with Crippen LogP contribution in [0.2, 0.25) is 0 Å². The maximum Gasteiger partial charge on any atom is 0.0556 e. The molecule has 1 aromatic rings. The normalized spacial score (nSPS) is 17.3. The maximum absolute atomic E-state index is 4.46. The second-order valence-electron chi connectivity index (χ2n) is 5.40. The number of hydrogen-bond acceptors (Lipinski definition) is 2. The van der Waals surface area contributed by atoms with Crippen LogP contribution in [-0.4, -0.2) is 16.3 Å². The molecule has 0 amide bonds. The molecule has 0 saturated carbocycles. The highest BCUT2D eigenvalue weighted by molar-refractivity contribution is 5.14. The molecule has 0 saturated heterocycles. The van der Waals surface area contributed by atoms with Crippen LogP contribution in [0, 0.1) is 0 Å². The molecule has 2 rings (SSSR count). The molecule has 1 atom stereocenters. The van der Waals surface area contributed by atoms with Crippen molar-refractivity contribution in [2.24, 2.45) is 0 Å². The van der Waals surface area contributed by atoms with Gasteiger partial charge in [-0.05, 0) is 51.1 Å². The molecule has 0 fully saturated rings. The van der Waals surface area contributed by atoms with E-state index in [-0.39, 0.29) is 0 Å². The summed E-state index contributed by atoms with van der Waals surface area (Å²) in [4.78, 5) is 0. The zero-order valence-corrected chi connectivity index (χ0v) is 12.4. The van der Waals surface area contributed by atoms with Crippen LogP contribution in [0.4, 0.5) is 0 Å². The Morgan fingerprint density at radius 3 is 2.95 bits per heavy atom. The summed E-state index contributed by atoms with van der Waals surface area (Å²) in [5.41, 5.74) is 2.97. The van der Waals surface area contributed by atoms with Crippen molar-refractivity contribution < 1.29 is 0 Å². The van der Waals surface area contributed by atoms with E-state index in [4.69, 9.17) is 0 Å². The molecule has 0 aliphatic heterocycles.